The van der Waals surface area contributed by atoms with E-state index in [2.05, 4.69) is 26.0 Å². The van der Waals surface area contributed by atoms with Gasteiger partial charge in [0, 0.05) is 19.3 Å². The van der Waals surface area contributed by atoms with E-state index in [0.717, 1.165) is 51.4 Å². The third kappa shape index (κ3) is 39.7. The number of quaternary nitrogens is 1. The fraction of sp³-hybridized carbons (Fsp3) is 0.667. The highest BCUT2D eigenvalue weighted by molar-refractivity contribution is 5.72. The first-order valence-electron chi connectivity index (χ1n) is 23.2. The van der Waals surface area contributed by atoms with Gasteiger partial charge in [-0.15, -0.1) is 0 Å². The number of carbonyl (C=O) groups is 3. The lowest BCUT2D eigenvalue weighted by atomic mass is 10.0. The molecule has 0 aromatic carbocycles. The van der Waals surface area contributed by atoms with Gasteiger partial charge >= 0.3 is 17.9 Å². The van der Waals surface area contributed by atoms with Crippen LogP contribution in [-0.4, -0.2) is 80.6 Å². The van der Waals surface area contributed by atoms with Gasteiger partial charge in [-0.05, 0) is 32.1 Å². The molecule has 0 fully saturated rings. The number of hydrogen-bond acceptors (Lipinski definition) is 6. The average Bonchev–Trinajstić information content (AvgIpc) is 3.19. The number of carbonyl (C=O) groups excluding carboxylic acids is 2. The van der Waals surface area contributed by atoms with E-state index in [1.165, 1.54) is 83.5 Å². The van der Waals surface area contributed by atoms with Crippen molar-refractivity contribution in [1.82, 2.24) is 0 Å². The van der Waals surface area contributed by atoms with Crippen LogP contribution in [0.25, 0.3) is 0 Å². The molecule has 8 heteroatoms. The highest BCUT2D eigenvalue weighted by Crippen LogP contribution is 2.15. The van der Waals surface area contributed by atoms with E-state index in [1.54, 1.807) is 0 Å². The molecule has 0 radical (unpaired) electrons. The van der Waals surface area contributed by atoms with Crippen molar-refractivity contribution in [2.24, 2.45) is 0 Å². The van der Waals surface area contributed by atoms with Crippen molar-refractivity contribution < 1.29 is 38.2 Å². The Morgan fingerprint density at radius 1 is 0.525 bits per heavy atom. The summed E-state index contributed by atoms with van der Waals surface area (Å²) in [4.78, 5) is 37.0. The van der Waals surface area contributed by atoms with Crippen molar-refractivity contribution in [3.8, 4) is 0 Å². The Bertz CT molecular complexity index is 1240. The Hall–Kier alpha value is -3.49. The average molecular weight is 825 g/mol. The van der Waals surface area contributed by atoms with Crippen molar-refractivity contribution in [2.45, 2.75) is 180 Å². The summed E-state index contributed by atoms with van der Waals surface area (Å²) in [5.41, 5.74) is 0. The lowest BCUT2D eigenvalue weighted by Crippen LogP contribution is -2.50. The van der Waals surface area contributed by atoms with Crippen LogP contribution in [0.3, 0.4) is 0 Å². The zero-order chi connectivity index (χ0) is 43.5. The van der Waals surface area contributed by atoms with E-state index < -0.39 is 18.1 Å². The minimum Gasteiger partial charge on any atom is -0.477 e. The quantitative estimate of drug-likeness (QED) is 0.0284. The number of likely N-dealkylation sites (N-methyl/N-ethyl adjacent to an activating group) is 1. The van der Waals surface area contributed by atoms with Crippen LogP contribution in [0.4, 0.5) is 0 Å². The summed E-state index contributed by atoms with van der Waals surface area (Å²) in [7, 11) is 5.51. The van der Waals surface area contributed by atoms with Crippen LogP contribution in [0.2, 0.25) is 0 Å². The summed E-state index contributed by atoms with van der Waals surface area (Å²) >= 11 is 0. The maximum atomic E-state index is 12.7. The fourth-order valence-electron chi connectivity index (χ4n) is 6.43. The smallest absolute Gasteiger partial charge is 0.362 e. The van der Waals surface area contributed by atoms with Gasteiger partial charge in [0.1, 0.15) is 6.61 Å². The maximum Gasteiger partial charge on any atom is 0.362 e. The van der Waals surface area contributed by atoms with Crippen LogP contribution in [-0.2, 0) is 28.6 Å². The van der Waals surface area contributed by atoms with Crippen molar-refractivity contribution in [2.75, 3.05) is 41.0 Å². The predicted molar refractivity (Wildman–Crippen MR) is 247 cm³/mol. The molecule has 0 rings (SSSR count). The molecular weight excluding hydrogens is 739 g/mol. The normalized spacial score (nSPS) is 13.7. The van der Waals surface area contributed by atoms with E-state index in [1.807, 2.05) is 94.1 Å². The van der Waals surface area contributed by atoms with Gasteiger partial charge in [0.25, 0.3) is 0 Å². The summed E-state index contributed by atoms with van der Waals surface area (Å²) in [6.45, 7) is 4.54. The molecule has 1 N–H and O–H groups in total. The van der Waals surface area contributed by atoms with Crippen LogP contribution in [0.5, 0.6) is 0 Å². The Balaban J connectivity index is 4.43. The van der Waals surface area contributed by atoms with Gasteiger partial charge in [0.15, 0.2) is 12.1 Å². The van der Waals surface area contributed by atoms with Gasteiger partial charge in [0.05, 0.1) is 34.4 Å². The first-order valence-corrected chi connectivity index (χ1v) is 23.2. The van der Waals surface area contributed by atoms with Gasteiger partial charge in [-0.1, -0.05) is 202 Å². The molecule has 0 spiro atoms. The molecule has 0 amide bonds. The van der Waals surface area contributed by atoms with Crippen LogP contribution >= 0.6 is 0 Å². The fourth-order valence-corrected chi connectivity index (χ4v) is 6.43. The number of carboxylic acids is 1. The number of rotatable bonds is 40. The molecule has 0 aliphatic heterocycles. The predicted octanol–water partition coefficient (Wildman–Crippen LogP) is 12.9. The number of nitrogens with zero attached hydrogens (tertiary/aromatic N) is 1. The molecule has 0 aromatic heterocycles. The third-order valence-corrected chi connectivity index (χ3v) is 10.0. The molecule has 0 bridgehead atoms. The molecule has 59 heavy (non-hydrogen) atoms. The van der Waals surface area contributed by atoms with E-state index in [-0.39, 0.29) is 36.2 Å². The van der Waals surface area contributed by atoms with E-state index in [4.69, 9.17) is 14.2 Å². The Morgan fingerprint density at radius 2 is 0.949 bits per heavy atom. The number of carboxylic acid groups (broad SMARTS) is 1. The van der Waals surface area contributed by atoms with Crippen molar-refractivity contribution in [3.05, 3.63) is 85.1 Å². The van der Waals surface area contributed by atoms with E-state index in [9.17, 15) is 19.5 Å². The lowest BCUT2D eigenvalue weighted by Gasteiger charge is -2.31. The summed E-state index contributed by atoms with van der Waals surface area (Å²) in [6, 6.07) is -0.625. The Morgan fingerprint density at radius 3 is 1.41 bits per heavy atom. The number of aliphatic carboxylic acids is 1. The van der Waals surface area contributed by atoms with Crippen LogP contribution in [0, 0.1) is 0 Å². The molecule has 2 atom stereocenters. The monoisotopic (exact) mass is 825 g/mol. The second-order valence-corrected chi connectivity index (χ2v) is 16.5. The third-order valence-electron chi connectivity index (χ3n) is 10.0. The highest BCUT2D eigenvalue weighted by atomic mass is 16.6. The number of allylic oxidation sites excluding steroid dienone is 14. The minimum atomic E-state index is -0.884. The number of ether oxygens (including phenoxy) is 3. The summed E-state index contributed by atoms with van der Waals surface area (Å²) in [6.07, 6.45) is 53.3. The summed E-state index contributed by atoms with van der Waals surface area (Å²) in [5, 5.41) is 9.63. The van der Waals surface area contributed by atoms with Crippen molar-refractivity contribution in [3.63, 3.8) is 0 Å². The molecule has 2 unspecified atom stereocenters. The van der Waals surface area contributed by atoms with Crippen molar-refractivity contribution in [1.29, 1.82) is 0 Å². The molecule has 336 valence electrons. The lowest BCUT2D eigenvalue weighted by molar-refractivity contribution is -0.887. The Labute approximate surface area is 361 Å². The second kappa shape index (κ2) is 41.3. The number of esters is 2. The minimum absolute atomic E-state index is 0.0430. The molecule has 0 saturated carbocycles. The molecule has 0 heterocycles. The second-order valence-electron chi connectivity index (χ2n) is 16.5. The zero-order valence-electron chi connectivity index (χ0n) is 38.2. The maximum absolute atomic E-state index is 12.7. The van der Waals surface area contributed by atoms with Gasteiger partial charge < -0.3 is 23.8 Å². The topological polar surface area (TPSA) is 99.1 Å². The van der Waals surface area contributed by atoms with Gasteiger partial charge in [-0.25, -0.2) is 4.79 Å². The zero-order valence-corrected chi connectivity index (χ0v) is 38.2. The molecular formula is C51H86NO7+. The molecule has 0 aromatic rings. The van der Waals surface area contributed by atoms with Crippen LogP contribution in [0.15, 0.2) is 85.1 Å². The van der Waals surface area contributed by atoms with E-state index in [0.29, 0.717) is 19.3 Å². The van der Waals surface area contributed by atoms with E-state index >= 15 is 0 Å². The molecule has 0 saturated heterocycles. The Kier molecular flexibility index (Phi) is 38.8. The first kappa shape index (κ1) is 55.5. The molecule has 8 nitrogen and oxygen atoms in total. The summed E-state index contributed by atoms with van der Waals surface area (Å²) < 4.78 is 17.3. The van der Waals surface area contributed by atoms with Crippen LogP contribution in [0.1, 0.15) is 168 Å². The molecule has 0 aliphatic carbocycles. The highest BCUT2D eigenvalue weighted by Gasteiger charge is 2.31. The standard InChI is InChI=1S/C51H85NO7/c1-6-8-10-12-14-16-18-20-22-24-25-26-28-29-31-33-35-37-39-41-49(53)58-46-47(45-57-44-43-48(51(55)56)52(3,4)5)59-50(54)42-40-38-36-34-32-30-27-23-21-19-17-15-13-11-9-7-2/h8,10,12,14,16,18,20,22,24-26,28-29,31,47-48H,6-7,9,11,13,15,17,19,21,23,27,30,32-46H2,1-5H3/p+1/b10-8+,14-12+,18-16+,22-20+,25-24+,28-26+,31-29+. The van der Waals surface area contributed by atoms with Gasteiger partial charge in [0.2, 0.25) is 0 Å². The number of unbranched alkanes of at least 4 members (excludes halogenated alkanes) is 18. The largest absolute Gasteiger partial charge is 0.477 e. The molecule has 0 aliphatic rings. The number of hydrogen-bond donors (Lipinski definition) is 1. The van der Waals surface area contributed by atoms with Gasteiger partial charge in [-0.3, -0.25) is 9.59 Å². The SMILES string of the molecule is CC/C=C/C=C/C=C/C=C/C=C/C=C/C=C/CCCCCC(=O)OCC(COCCC(C(=O)O)[N+](C)(C)C)OC(=O)CCCCCCCCCCCCCCCCCC. The van der Waals surface area contributed by atoms with Crippen molar-refractivity contribution >= 4 is 17.9 Å². The van der Waals surface area contributed by atoms with Crippen LogP contribution < -0.4 is 0 Å². The first-order chi connectivity index (χ1) is 28.6. The summed E-state index contributed by atoms with van der Waals surface area (Å²) in [5.74, 6) is -1.53. The van der Waals surface area contributed by atoms with Gasteiger partial charge in [-0.2, -0.15) is 0 Å².